The Kier molecular flexibility index (Phi) is 6.22. The predicted octanol–water partition coefficient (Wildman–Crippen LogP) is 2.54. The zero-order valence-electron chi connectivity index (χ0n) is 14.1. The predicted molar refractivity (Wildman–Crippen MR) is 90.8 cm³/mol. The molecule has 1 N–H and O–H groups in total. The first kappa shape index (κ1) is 16.5. The molecule has 1 heterocycles. The second-order valence-corrected chi connectivity index (χ2v) is 6.65. The molecule has 1 aliphatic rings. The van der Waals surface area contributed by atoms with Gasteiger partial charge in [0.2, 0.25) is 0 Å². The standard InChI is InChI=1S/C18H31N3/c1-15(13-19-2)17-7-5-16(6-8-17)14-21(4)18-9-11-20(3)12-10-18/h5-8,15,18-19H,9-14H2,1-4H3. The smallest absolute Gasteiger partial charge is 0.0233 e. The van der Waals surface area contributed by atoms with Gasteiger partial charge in [-0.3, -0.25) is 4.90 Å². The first-order valence-electron chi connectivity index (χ1n) is 8.22. The fourth-order valence-electron chi connectivity index (χ4n) is 3.23. The van der Waals surface area contributed by atoms with Gasteiger partial charge in [-0.05, 0) is 64.1 Å². The second-order valence-electron chi connectivity index (χ2n) is 6.65. The summed E-state index contributed by atoms with van der Waals surface area (Å²) in [4.78, 5) is 4.96. The average Bonchev–Trinajstić information content (AvgIpc) is 2.49. The van der Waals surface area contributed by atoms with E-state index in [-0.39, 0.29) is 0 Å². The van der Waals surface area contributed by atoms with Crippen molar-refractivity contribution in [2.75, 3.05) is 40.8 Å². The molecule has 0 aromatic heterocycles. The van der Waals surface area contributed by atoms with E-state index in [1.165, 1.54) is 37.1 Å². The Morgan fingerprint density at radius 2 is 1.86 bits per heavy atom. The van der Waals surface area contributed by atoms with E-state index in [0.29, 0.717) is 5.92 Å². The van der Waals surface area contributed by atoms with Gasteiger partial charge in [-0.2, -0.15) is 0 Å². The van der Waals surface area contributed by atoms with Gasteiger partial charge in [-0.25, -0.2) is 0 Å². The molecule has 3 nitrogen and oxygen atoms in total. The van der Waals surface area contributed by atoms with Gasteiger partial charge in [0.1, 0.15) is 0 Å². The number of benzene rings is 1. The van der Waals surface area contributed by atoms with E-state index in [2.05, 4.69) is 60.4 Å². The lowest BCUT2D eigenvalue weighted by Gasteiger charge is -2.35. The molecule has 3 heteroatoms. The lowest BCUT2D eigenvalue weighted by atomic mass is 9.99. The van der Waals surface area contributed by atoms with Crippen molar-refractivity contribution in [2.45, 2.75) is 38.3 Å². The van der Waals surface area contributed by atoms with Crippen molar-refractivity contribution < 1.29 is 0 Å². The van der Waals surface area contributed by atoms with Gasteiger partial charge in [0.15, 0.2) is 0 Å². The van der Waals surface area contributed by atoms with Crippen LogP contribution in [0.15, 0.2) is 24.3 Å². The van der Waals surface area contributed by atoms with Crippen LogP contribution in [-0.4, -0.2) is 56.6 Å². The Morgan fingerprint density at radius 3 is 2.43 bits per heavy atom. The average molecular weight is 289 g/mol. The number of rotatable bonds is 6. The number of hydrogen-bond donors (Lipinski definition) is 1. The third-order valence-corrected chi connectivity index (χ3v) is 4.80. The van der Waals surface area contributed by atoms with Crippen molar-refractivity contribution >= 4 is 0 Å². The second kappa shape index (κ2) is 7.92. The van der Waals surface area contributed by atoms with Crippen molar-refractivity contribution in [3.8, 4) is 0 Å². The molecular weight excluding hydrogens is 258 g/mol. The highest BCUT2D eigenvalue weighted by Gasteiger charge is 2.20. The number of nitrogens with one attached hydrogen (secondary N) is 1. The fourth-order valence-corrected chi connectivity index (χ4v) is 3.23. The van der Waals surface area contributed by atoms with Crippen LogP contribution >= 0.6 is 0 Å². The monoisotopic (exact) mass is 289 g/mol. The summed E-state index contributed by atoms with van der Waals surface area (Å²) in [5.74, 6) is 0.579. The highest BCUT2D eigenvalue weighted by atomic mass is 15.2. The number of nitrogens with zero attached hydrogens (tertiary/aromatic N) is 2. The maximum atomic E-state index is 3.25. The molecule has 118 valence electrons. The molecular formula is C18H31N3. The lowest BCUT2D eigenvalue weighted by Crippen LogP contribution is -2.41. The SMILES string of the molecule is CNCC(C)c1ccc(CN(C)C2CCN(C)CC2)cc1. The van der Waals surface area contributed by atoms with Crippen molar-refractivity contribution in [1.29, 1.82) is 0 Å². The minimum absolute atomic E-state index is 0.579. The van der Waals surface area contributed by atoms with E-state index in [0.717, 1.165) is 19.1 Å². The number of likely N-dealkylation sites (N-methyl/N-ethyl adjacent to an activating group) is 1. The quantitative estimate of drug-likeness (QED) is 0.868. The van der Waals surface area contributed by atoms with E-state index in [4.69, 9.17) is 0 Å². The van der Waals surface area contributed by atoms with Gasteiger partial charge in [-0.15, -0.1) is 0 Å². The number of hydrogen-bond acceptors (Lipinski definition) is 3. The molecule has 1 aromatic carbocycles. The fraction of sp³-hybridized carbons (Fsp3) is 0.667. The Balaban J connectivity index is 1.87. The van der Waals surface area contributed by atoms with E-state index >= 15 is 0 Å². The van der Waals surface area contributed by atoms with Gasteiger partial charge >= 0.3 is 0 Å². The topological polar surface area (TPSA) is 18.5 Å². The zero-order valence-corrected chi connectivity index (χ0v) is 14.1. The molecule has 21 heavy (non-hydrogen) atoms. The van der Waals surface area contributed by atoms with Gasteiger partial charge in [0.05, 0.1) is 0 Å². The van der Waals surface area contributed by atoms with Gasteiger partial charge in [0, 0.05) is 19.1 Å². The van der Waals surface area contributed by atoms with Crippen molar-refractivity contribution in [2.24, 2.45) is 0 Å². The Morgan fingerprint density at radius 1 is 1.24 bits per heavy atom. The Labute approximate surface area is 130 Å². The molecule has 0 saturated carbocycles. The first-order chi connectivity index (χ1) is 10.1. The Hall–Kier alpha value is -0.900. The number of piperidine rings is 1. The molecule has 1 unspecified atom stereocenters. The van der Waals surface area contributed by atoms with Crippen LogP contribution in [0, 0.1) is 0 Å². The van der Waals surface area contributed by atoms with Crippen LogP contribution in [0.2, 0.25) is 0 Å². The van der Waals surface area contributed by atoms with Crippen LogP contribution in [0.5, 0.6) is 0 Å². The van der Waals surface area contributed by atoms with Crippen LogP contribution in [-0.2, 0) is 6.54 Å². The summed E-state index contributed by atoms with van der Waals surface area (Å²) in [5, 5.41) is 3.25. The van der Waals surface area contributed by atoms with Gasteiger partial charge in [0.25, 0.3) is 0 Å². The van der Waals surface area contributed by atoms with Crippen LogP contribution < -0.4 is 5.32 Å². The molecule has 2 rings (SSSR count). The highest BCUT2D eigenvalue weighted by Crippen LogP contribution is 2.19. The minimum atomic E-state index is 0.579. The highest BCUT2D eigenvalue weighted by molar-refractivity contribution is 5.25. The van der Waals surface area contributed by atoms with Gasteiger partial charge in [-0.1, -0.05) is 31.2 Å². The molecule has 0 radical (unpaired) electrons. The molecule has 1 aliphatic heterocycles. The zero-order chi connectivity index (χ0) is 15.2. The van der Waals surface area contributed by atoms with E-state index in [1.54, 1.807) is 0 Å². The third-order valence-electron chi connectivity index (χ3n) is 4.80. The molecule has 0 aliphatic carbocycles. The minimum Gasteiger partial charge on any atom is -0.319 e. The van der Waals surface area contributed by atoms with Gasteiger partial charge < -0.3 is 10.2 Å². The summed E-state index contributed by atoms with van der Waals surface area (Å²) in [7, 11) is 6.51. The van der Waals surface area contributed by atoms with E-state index in [1.807, 2.05) is 7.05 Å². The molecule has 1 atom stereocenters. The van der Waals surface area contributed by atoms with Crippen LogP contribution in [0.25, 0.3) is 0 Å². The van der Waals surface area contributed by atoms with Crippen LogP contribution in [0.3, 0.4) is 0 Å². The number of likely N-dealkylation sites (tertiary alicyclic amines) is 1. The normalized spacial score (nSPS) is 19.1. The maximum absolute atomic E-state index is 3.25. The molecule has 0 bridgehead atoms. The summed E-state index contributed by atoms with van der Waals surface area (Å²) < 4.78 is 0. The van der Waals surface area contributed by atoms with Crippen LogP contribution in [0.1, 0.15) is 36.8 Å². The molecule has 1 saturated heterocycles. The summed E-state index contributed by atoms with van der Waals surface area (Å²) in [6.45, 7) is 6.84. The van der Waals surface area contributed by atoms with Crippen LogP contribution in [0.4, 0.5) is 0 Å². The summed E-state index contributed by atoms with van der Waals surface area (Å²) >= 11 is 0. The van der Waals surface area contributed by atoms with E-state index < -0.39 is 0 Å². The molecule has 0 spiro atoms. The molecule has 1 fully saturated rings. The van der Waals surface area contributed by atoms with Crippen molar-refractivity contribution in [3.63, 3.8) is 0 Å². The first-order valence-corrected chi connectivity index (χ1v) is 8.22. The molecule has 1 aromatic rings. The van der Waals surface area contributed by atoms with Crippen molar-refractivity contribution in [1.82, 2.24) is 15.1 Å². The van der Waals surface area contributed by atoms with Crippen molar-refractivity contribution in [3.05, 3.63) is 35.4 Å². The maximum Gasteiger partial charge on any atom is 0.0233 e. The third kappa shape index (κ3) is 4.80. The summed E-state index contributed by atoms with van der Waals surface area (Å²) in [6.07, 6.45) is 2.59. The lowest BCUT2D eigenvalue weighted by molar-refractivity contribution is 0.139. The largest absolute Gasteiger partial charge is 0.319 e. The van der Waals surface area contributed by atoms with E-state index in [9.17, 15) is 0 Å². The summed E-state index contributed by atoms with van der Waals surface area (Å²) in [6, 6.07) is 9.92. The summed E-state index contributed by atoms with van der Waals surface area (Å²) in [5.41, 5.74) is 2.85. The molecule has 0 amide bonds. The Bertz CT molecular complexity index is 407.